The number of piperazine rings is 1. The van der Waals surface area contributed by atoms with Gasteiger partial charge >= 0.3 is 0 Å². The van der Waals surface area contributed by atoms with Crippen LogP contribution in [-0.4, -0.2) is 46.9 Å². The van der Waals surface area contributed by atoms with Crippen molar-refractivity contribution < 1.29 is 4.79 Å². The molecule has 4 heterocycles. The summed E-state index contributed by atoms with van der Waals surface area (Å²) >= 11 is 5.08. The normalized spacial score (nSPS) is 15.6. The van der Waals surface area contributed by atoms with E-state index < -0.39 is 0 Å². The van der Waals surface area contributed by atoms with Crippen LogP contribution >= 0.6 is 34.0 Å². The van der Waals surface area contributed by atoms with Crippen molar-refractivity contribution in [3.05, 3.63) is 50.3 Å². The predicted molar refractivity (Wildman–Crippen MR) is 105 cm³/mol. The van der Waals surface area contributed by atoms with E-state index in [1.165, 1.54) is 4.88 Å². The lowest BCUT2D eigenvalue weighted by Crippen LogP contribution is -2.48. The molecule has 1 fully saturated rings. The van der Waals surface area contributed by atoms with Crippen molar-refractivity contribution in [1.29, 1.82) is 0 Å². The van der Waals surface area contributed by atoms with Gasteiger partial charge in [0.1, 0.15) is 5.01 Å². The third kappa shape index (κ3) is 4.17. The third-order valence-electron chi connectivity index (χ3n) is 4.34. The first-order valence-corrected chi connectivity index (χ1v) is 11.0. The molecule has 4 nitrogen and oxygen atoms in total. The summed E-state index contributed by atoms with van der Waals surface area (Å²) < 4.78 is 0. The summed E-state index contributed by atoms with van der Waals surface area (Å²) in [4.78, 5) is 23.0. The summed E-state index contributed by atoms with van der Waals surface area (Å²) in [6.45, 7) is 4.51. The molecule has 130 valence electrons. The fourth-order valence-corrected chi connectivity index (χ4v) is 5.23. The second kappa shape index (κ2) is 7.78. The highest BCUT2D eigenvalue weighted by molar-refractivity contribution is 7.14. The zero-order valence-corrected chi connectivity index (χ0v) is 16.2. The standard InChI is InChI=1S/C18H19N3OS3/c22-17(10-15-13-25-18(19-15)14-3-9-23-12-14)21-6-4-20(5-7-21)11-16-2-1-8-24-16/h1-3,8-9,12-13H,4-7,10-11H2. The molecule has 4 rings (SSSR count). The van der Waals surface area contributed by atoms with E-state index in [1.807, 2.05) is 10.3 Å². The van der Waals surface area contributed by atoms with Crippen LogP contribution in [0, 0.1) is 0 Å². The Morgan fingerprint density at radius 1 is 1.08 bits per heavy atom. The Labute approximate surface area is 159 Å². The summed E-state index contributed by atoms with van der Waals surface area (Å²) in [6.07, 6.45) is 0.408. The number of thiazole rings is 1. The molecule has 0 aromatic carbocycles. The quantitative estimate of drug-likeness (QED) is 0.666. The van der Waals surface area contributed by atoms with Crippen LogP contribution in [0.15, 0.2) is 39.7 Å². The first-order chi connectivity index (χ1) is 12.3. The van der Waals surface area contributed by atoms with Crippen molar-refractivity contribution in [3.63, 3.8) is 0 Å². The summed E-state index contributed by atoms with van der Waals surface area (Å²) in [7, 11) is 0. The number of carbonyl (C=O) groups excluding carboxylic acids is 1. The summed E-state index contributed by atoms with van der Waals surface area (Å²) in [5.74, 6) is 0.193. The number of aromatic nitrogens is 1. The second-order valence-corrected chi connectivity index (χ2v) is 8.74. The van der Waals surface area contributed by atoms with Crippen LogP contribution in [0.25, 0.3) is 10.6 Å². The van der Waals surface area contributed by atoms with E-state index in [0.29, 0.717) is 6.42 Å². The van der Waals surface area contributed by atoms with E-state index in [2.05, 4.69) is 44.2 Å². The van der Waals surface area contributed by atoms with Crippen molar-refractivity contribution in [3.8, 4) is 10.6 Å². The molecule has 0 saturated carbocycles. The number of thiophene rings is 2. The van der Waals surface area contributed by atoms with Crippen LogP contribution in [0.1, 0.15) is 10.6 Å². The number of rotatable bonds is 5. The number of hydrogen-bond acceptors (Lipinski definition) is 6. The number of hydrogen-bond donors (Lipinski definition) is 0. The third-order valence-corrected chi connectivity index (χ3v) is 6.82. The molecule has 0 bridgehead atoms. The minimum absolute atomic E-state index is 0.193. The van der Waals surface area contributed by atoms with E-state index in [1.54, 1.807) is 34.0 Å². The molecule has 1 amide bonds. The van der Waals surface area contributed by atoms with Crippen LogP contribution in [-0.2, 0) is 17.8 Å². The van der Waals surface area contributed by atoms with E-state index in [0.717, 1.165) is 49.0 Å². The Morgan fingerprint density at radius 2 is 1.96 bits per heavy atom. The van der Waals surface area contributed by atoms with Crippen LogP contribution in [0.4, 0.5) is 0 Å². The molecule has 1 saturated heterocycles. The van der Waals surface area contributed by atoms with Crippen molar-refractivity contribution >= 4 is 39.9 Å². The monoisotopic (exact) mass is 389 g/mol. The number of amides is 1. The fraction of sp³-hybridized carbons (Fsp3) is 0.333. The minimum atomic E-state index is 0.193. The maximum atomic E-state index is 12.6. The Balaban J connectivity index is 1.29. The van der Waals surface area contributed by atoms with Crippen LogP contribution in [0.2, 0.25) is 0 Å². The molecule has 0 aliphatic carbocycles. The molecular weight excluding hydrogens is 370 g/mol. The van der Waals surface area contributed by atoms with Gasteiger partial charge in [-0.2, -0.15) is 11.3 Å². The van der Waals surface area contributed by atoms with Gasteiger partial charge in [-0.15, -0.1) is 22.7 Å². The maximum Gasteiger partial charge on any atom is 0.228 e. The van der Waals surface area contributed by atoms with Gasteiger partial charge in [0.2, 0.25) is 5.91 Å². The molecule has 3 aromatic heterocycles. The average molecular weight is 390 g/mol. The first-order valence-electron chi connectivity index (χ1n) is 8.27. The molecular formula is C18H19N3OS3. The van der Waals surface area contributed by atoms with Gasteiger partial charge in [-0.3, -0.25) is 9.69 Å². The zero-order valence-electron chi connectivity index (χ0n) is 13.8. The van der Waals surface area contributed by atoms with Gasteiger partial charge in [0.25, 0.3) is 0 Å². The van der Waals surface area contributed by atoms with Gasteiger partial charge in [-0.05, 0) is 22.9 Å². The highest BCUT2D eigenvalue weighted by atomic mass is 32.1. The van der Waals surface area contributed by atoms with E-state index >= 15 is 0 Å². The summed E-state index contributed by atoms with van der Waals surface area (Å²) in [5, 5.41) is 9.28. The smallest absolute Gasteiger partial charge is 0.228 e. The maximum absolute atomic E-state index is 12.6. The van der Waals surface area contributed by atoms with Crippen LogP contribution < -0.4 is 0 Å². The molecule has 0 spiro atoms. The topological polar surface area (TPSA) is 36.4 Å². The largest absolute Gasteiger partial charge is 0.340 e. The average Bonchev–Trinajstić information content (AvgIpc) is 3.38. The highest BCUT2D eigenvalue weighted by Gasteiger charge is 2.22. The molecule has 0 unspecified atom stereocenters. The molecule has 25 heavy (non-hydrogen) atoms. The van der Waals surface area contributed by atoms with Crippen molar-refractivity contribution in [1.82, 2.24) is 14.8 Å². The Morgan fingerprint density at radius 3 is 2.68 bits per heavy atom. The van der Waals surface area contributed by atoms with Gasteiger partial charge in [-0.1, -0.05) is 6.07 Å². The van der Waals surface area contributed by atoms with E-state index in [-0.39, 0.29) is 5.91 Å². The van der Waals surface area contributed by atoms with Gasteiger partial charge in [0, 0.05) is 53.9 Å². The van der Waals surface area contributed by atoms with Crippen molar-refractivity contribution in [2.45, 2.75) is 13.0 Å². The Hall–Kier alpha value is -1.54. The molecule has 0 radical (unpaired) electrons. The SMILES string of the molecule is O=C(Cc1csc(-c2ccsc2)n1)N1CCN(Cc2cccs2)CC1. The zero-order chi connectivity index (χ0) is 17.1. The minimum Gasteiger partial charge on any atom is -0.340 e. The van der Waals surface area contributed by atoms with Gasteiger partial charge in [-0.25, -0.2) is 4.98 Å². The number of carbonyl (C=O) groups is 1. The fourth-order valence-electron chi connectivity index (χ4n) is 2.95. The van der Waals surface area contributed by atoms with Crippen LogP contribution in [0.3, 0.4) is 0 Å². The van der Waals surface area contributed by atoms with Gasteiger partial charge in [0.05, 0.1) is 12.1 Å². The first kappa shape index (κ1) is 16.9. The second-order valence-electron chi connectivity index (χ2n) is 6.07. The molecule has 3 aromatic rings. The van der Waals surface area contributed by atoms with Gasteiger partial charge in [0.15, 0.2) is 0 Å². The van der Waals surface area contributed by atoms with Gasteiger partial charge < -0.3 is 4.90 Å². The molecule has 0 N–H and O–H groups in total. The lowest BCUT2D eigenvalue weighted by Gasteiger charge is -2.34. The summed E-state index contributed by atoms with van der Waals surface area (Å²) in [6, 6.07) is 6.34. The molecule has 7 heteroatoms. The lowest BCUT2D eigenvalue weighted by molar-refractivity contribution is -0.132. The summed E-state index contributed by atoms with van der Waals surface area (Å²) in [5.41, 5.74) is 2.04. The molecule has 0 atom stereocenters. The predicted octanol–water partition coefficient (Wildman–Crippen LogP) is 3.82. The van der Waals surface area contributed by atoms with E-state index in [9.17, 15) is 4.79 Å². The van der Waals surface area contributed by atoms with Crippen molar-refractivity contribution in [2.75, 3.05) is 26.2 Å². The Kier molecular flexibility index (Phi) is 5.26. The molecule has 1 aliphatic heterocycles. The van der Waals surface area contributed by atoms with Crippen LogP contribution in [0.5, 0.6) is 0 Å². The lowest BCUT2D eigenvalue weighted by atomic mass is 10.2. The number of nitrogens with zero attached hydrogens (tertiary/aromatic N) is 3. The Bertz CT molecular complexity index is 803. The molecule has 1 aliphatic rings. The van der Waals surface area contributed by atoms with E-state index in [4.69, 9.17) is 0 Å². The van der Waals surface area contributed by atoms with Crippen molar-refractivity contribution in [2.24, 2.45) is 0 Å². The highest BCUT2D eigenvalue weighted by Crippen LogP contribution is 2.26.